The van der Waals surface area contributed by atoms with Crippen LogP contribution in [0.4, 0.5) is 0 Å². The van der Waals surface area contributed by atoms with Gasteiger partial charge in [-0.05, 0) is 25.2 Å². The smallest absolute Gasteiger partial charge is 0.239 e. The molecule has 1 aliphatic carbocycles. The Morgan fingerprint density at radius 2 is 1.89 bits per heavy atom. The molecule has 0 aromatic carbocycles. The van der Waals surface area contributed by atoms with Crippen LogP contribution in [0.15, 0.2) is 0 Å². The van der Waals surface area contributed by atoms with Crippen molar-refractivity contribution < 1.29 is 9.59 Å². The zero-order valence-electron chi connectivity index (χ0n) is 11.1. The molecule has 0 aromatic heterocycles. The van der Waals surface area contributed by atoms with Crippen LogP contribution in [0, 0.1) is 5.92 Å². The normalized spacial score (nSPS) is 23.1. The van der Waals surface area contributed by atoms with E-state index in [0.717, 1.165) is 13.0 Å². The molecule has 102 valence electrons. The van der Waals surface area contributed by atoms with Gasteiger partial charge in [-0.15, -0.1) is 0 Å². The first-order valence-electron chi connectivity index (χ1n) is 7.30. The summed E-state index contributed by atoms with van der Waals surface area (Å²) in [5.74, 6) is 0.715. The summed E-state index contributed by atoms with van der Waals surface area (Å²) in [7, 11) is 0. The van der Waals surface area contributed by atoms with E-state index in [4.69, 9.17) is 0 Å². The van der Waals surface area contributed by atoms with Crippen LogP contribution in [0.2, 0.25) is 0 Å². The van der Waals surface area contributed by atoms with Crippen molar-refractivity contribution in [1.82, 2.24) is 10.2 Å². The summed E-state index contributed by atoms with van der Waals surface area (Å²) in [5.41, 5.74) is 0. The van der Waals surface area contributed by atoms with E-state index < -0.39 is 0 Å². The number of rotatable bonds is 2. The summed E-state index contributed by atoms with van der Waals surface area (Å²) in [4.78, 5) is 25.4. The molecule has 0 bridgehead atoms. The fourth-order valence-corrected chi connectivity index (χ4v) is 2.96. The maximum Gasteiger partial charge on any atom is 0.239 e. The number of carbonyl (C=O) groups excluding carboxylic acids is 2. The van der Waals surface area contributed by atoms with Crippen LogP contribution in [0.25, 0.3) is 0 Å². The molecule has 0 atom stereocenters. The lowest BCUT2D eigenvalue weighted by Crippen LogP contribution is -2.38. The van der Waals surface area contributed by atoms with Gasteiger partial charge in [0, 0.05) is 19.5 Å². The van der Waals surface area contributed by atoms with E-state index >= 15 is 0 Å². The minimum atomic E-state index is -0.0123. The Balaban J connectivity index is 1.83. The van der Waals surface area contributed by atoms with E-state index in [2.05, 4.69) is 5.32 Å². The molecule has 2 aliphatic rings. The van der Waals surface area contributed by atoms with Crippen molar-refractivity contribution in [1.29, 1.82) is 0 Å². The zero-order chi connectivity index (χ0) is 12.8. The maximum absolute atomic E-state index is 12.2. The van der Waals surface area contributed by atoms with Gasteiger partial charge in [0.1, 0.15) is 0 Å². The number of carbonyl (C=O) groups is 2. The molecule has 4 nitrogen and oxygen atoms in total. The maximum atomic E-state index is 12.2. The standard InChI is InChI=1S/C14H24N2O2/c17-13-11-16(9-5-8-15-13)14(18)10-12-6-3-1-2-4-7-12/h12H,1-11H2,(H,15,17). The average Bonchev–Trinajstić information content (AvgIpc) is 2.71. The first-order valence-corrected chi connectivity index (χ1v) is 7.30. The van der Waals surface area contributed by atoms with Crippen LogP contribution in [-0.4, -0.2) is 36.3 Å². The topological polar surface area (TPSA) is 49.4 Å². The molecule has 2 amide bonds. The van der Waals surface area contributed by atoms with Crippen molar-refractivity contribution in [2.45, 2.75) is 51.4 Å². The van der Waals surface area contributed by atoms with Crippen LogP contribution >= 0.6 is 0 Å². The zero-order valence-corrected chi connectivity index (χ0v) is 11.1. The Labute approximate surface area is 109 Å². The Hall–Kier alpha value is -1.06. The van der Waals surface area contributed by atoms with E-state index in [0.29, 0.717) is 18.9 Å². The van der Waals surface area contributed by atoms with Crippen molar-refractivity contribution in [3.63, 3.8) is 0 Å². The highest BCUT2D eigenvalue weighted by Crippen LogP contribution is 2.26. The van der Waals surface area contributed by atoms with Gasteiger partial charge in [0.25, 0.3) is 0 Å². The van der Waals surface area contributed by atoms with Crippen LogP contribution in [0.5, 0.6) is 0 Å². The predicted molar refractivity (Wildman–Crippen MR) is 70.0 cm³/mol. The lowest BCUT2D eigenvalue weighted by Gasteiger charge is -2.22. The number of amides is 2. The van der Waals surface area contributed by atoms with Crippen LogP contribution in [0.1, 0.15) is 51.4 Å². The Bertz CT molecular complexity index is 296. The molecular formula is C14H24N2O2. The Kier molecular flexibility index (Phi) is 5.02. The molecule has 1 heterocycles. The highest BCUT2D eigenvalue weighted by molar-refractivity contribution is 5.85. The quantitative estimate of drug-likeness (QED) is 0.760. The molecule has 4 heteroatoms. The summed E-state index contributed by atoms with van der Waals surface area (Å²) < 4.78 is 0. The SMILES string of the molecule is O=C1CN(C(=O)CC2CCCCCC2)CCCN1. The molecule has 1 saturated heterocycles. The van der Waals surface area contributed by atoms with Crippen LogP contribution in [-0.2, 0) is 9.59 Å². The molecule has 2 rings (SSSR count). The second kappa shape index (κ2) is 6.76. The van der Waals surface area contributed by atoms with Crippen LogP contribution in [0.3, 0.4) is 0 Å². The van der Waals surface area contributed by atoms with E-state index in [1.54, 1.807) is 4.90 Å². The predicted octanol–water partition coefficient (Wildman–Crippen LogP) is 1.70. The monoisotopic (exact) mass is 252 g/mol. The van der Waals surface area contributed by atoms with Gasteiger partial charge in [-0.3, -0.25) is 9.59 Å². The molecule has 0 unspecified atom stereocenters. The molecule has 2 fully saturated rings. The Morgan fingerprint density at radius 1 is 1.17 bits per heavy atom. The van der Waals surface area contributed by atoms with Gasteiger partial charge in [0.2, 0.25) is 11.8 Å². The third-order valence-electron chi connectivity index (χ3n) is 4.05. The summed E-state index contributed by atoms with van der Waals surface area (Å²) in [5, 5.41) is 2.81. The van der Waals surface area contributed by atoms with Gasteiger partial charge in [-0.2, -0.15) is 0 Å². The largest absolute Gasteiger partial charge is 0.354 e. The van der Waals surface area contributed by atoms with Gasteiger partial charge in [-0.25, -0.2) is 0 Å². The molecule has 1 N–H and O–H groups in total. The molecular weight excluding hydrogens is 228 g/mol. The molecule has 1 saturated carbocycles. The fourth-order valence-electron chi connectivity index (χ4n) is 2.96. The van der Waals surface area contributed by atoms with E-state index in [-0.39, 0.29) is 18.4 Å². The Morgan fingerprint density at radius 3 is 2.61 bits per heavy atom. The first-order chi connectivity index (χ1) is 8.75. The number of nitrogens with zero attached hydrogens (tertiary/aromatic N) is 1. The van der Waals surface area contributed by atoms with Crippen molar-refractivity contribution >= 4 is 11.8 Å². The first kappa shape index (κ1) is 13.4. The van der Waals surface area contributed by atoms with E-state index in [1.807, 2.05) is 0 Å². The lowest BCUT2D eigenvalue weighted by atomic mass is 9.96. The van der Waals surface area contributed by atoms with Gasteiger partial charge in [-0.1, -0.05) is 25.7 Å². The van der Waals surface area contributed by atoms with E-state index in [9.17, 15) is 9.59 Å². The minimum absolute atomic E-state index is 0.0123. The van der Waals surface area contributed by atoms with Crippen molar-refractivity contribution in [3.8, 4) is 0 Å². The van der Waals surface area contributed by atoms with Gasteiger partial charge < -0.3 is 10.2 Å². The number of hydrogen-bond acceptors (Lipinski definition) is 2. The molecule has 0 spiro atoms. The summed E-state index contributed by atoms with van der Waals surface area (Å²) >= 11 is 0. The van der Waals surface area contributed by atoms with Crippen molar-refractivity contribution in [2.24, 2.45) is 5.92 Å². The van der Waals surface area contributed by atoms with Crippen molar-refractivity contribution in [2.75, 3.05) is 19.6 Å². The second-order valence-corrected chi connectivity index (χ2v) is 5.58. The molecule has 18 heavy (non-hydrogen) atoms. The summed E-state index contributed by atoms with van der Waals surface area (Å²) in [6.45, 7) is 1.68. The lowest BCUT2D eigenvalue weighted by molar-refractivity contribution is -0.136. The highest BCUT2D eigenvalue weighted by Gasteiger charge is 2.23. The minimum Gasteiger partial charge on any atom is -0.354 e. The second-order valence-electron chi connectivity index (χ2n) is 5.58. The highest BCUT2D eigenvalue weighted by atomic mass is 16.2. The average molecular weight is 252 g/mol. The molecule has 1 aliphatic heterocycles. The summed E-state index contributed by atoms with van der Waals surface area (Å²) in [6, 6.07) is 0. The summed E-state index contributed by atoms with van der Waals surface area (Å²) in [6.07, 6.45) is 9.05. The molecule has 0 aromatic rings. The third kappa shape index (κ3) is 4.00. The third-order valence-corrected chi connectivity index (χ3v) is 4.05. The number of nitrogens with one attached hydrogen (secondary N) is 1. The van der Waals surface area contributed by atoms with Gasteiger partial charge in [0.05, 0.1) is 6.54 Å². The fraction of sp³-hybridized carbons (Fsp3) is 0.857. The van der Waals surface area contributed by atoms with Gasteiger partial charge in [0.15, 0.2) is 0 Å². The number of hydrogen-bond donors (Lipinski definition) is 1. The van der Waals surface area contributed by atoms with Crippen LogP contribution < -0.4 is 5.32 Å². The van der Waals surface area contributed by atoms with E-state index in [1.165, 1.54) is 38.5 Å². The van der Waals surface area contributed by atoms with Gasteiger partial charge >= 0.3 is 0 Å². The molecule has 0 radical (unpaired) electrons. The van der Waals surface area contributed by atoms with Crippen molar-refractivity contribution in [3.05, 3.63) is 0 Å².